The third kappa shape index (κ3) is 4.09. The number of hydrogen-bond donors (Lipinski definition) is 1. The summed E-state index contributed by atoms with van der Waals surface area (Å²) in [5.41, 5.74) is 2.53. The van der Waals surface area contributed by atoms with Gasteiger partial charge < -0.3 is 10.2 Å². The largest absolute Gasteiger partial charge is 0.357 e. The Bertz CT molecular complexity index is 696. The van der Waals surface area contributed by atoms with Crippen LogP contribution in [0.2, 0.25) is 0 Å². The summed E-state index contributed by atoms with van der Waals surface area (Å²) in [6, 6.07) is 8.33. The zero-order valence-corrected chi connectivity index (χ0v) is 16.0. The number of nitrogens with zero attached hydrogens (tertiary/aromatic N) is 2. The Morgan fingerprint density at radius 1 is 1.25 bits per heavy atom. The van der Waals surface area contributed by atoms with Crippen LogP contribution in [-0.4, -0.2) is 49.4 Å². The van der Waals surface area contributed by atoms with E-state index in [9.17, 15) is 8.42 Å². The Hall–Kier alpha value is -1.56. The molecule has 0 saturated carbocycles. The maximum Gasteiger partial charge on any atom is 0.194 e. The summed E-state index contributed by atoms with van der Waals surface area (Å²) in [6.07, 6.45) is 0.983. The number of sulfone groups is 1. The maximum atomic E-state index is 12.2. The second-order valence-corrected chi connectivity index (χ2v) is 9.54. The first-order valence-electron chi connectivity index (χ1n) is 8.63. The molecule has 1 fully saturated rings. The fourth-order valence-electron chi connectivity index (χ4n) is 2.97. The van der Waals surface area contributed by atoms with Gasteiger partial charge in [-0.1, -0.05) is 31.2 Å². The van der Waals surface area contributed by atoms with Crippen molar-refractivity contribution < 1.29 is 8.42 Å². The van der Waals surface area contributed by atoms with Crippen molar-refractivity contribution in [3.8, 4) is 0 Å². The van der Waals surface area contributed by atoms with Gasteiger partial charge in [0, 0.05) is 19.6 Å². The van der Waals surface area contributed by atoms with Crippen LogP contribution in [0.4, 0.5) is 0 Å². The van der Waals surface area contributed by atoms with Crippen LogP contribution in [-0.2, 0) is 22.8 Å². The summed E-state index contributed by atoms with van der Waals surface area (Å²) >= 11 is 0. The van der Waals surface area contributed by atoms with Crippen molar-refractivity contribution in [2.24, 2.45) is 4.99 Å². The van der Waals surface area contributed by atoms with Crippen LogP contribution in [0.25, 0.3) is 0 Å². The molecule has 134 valence electrons. The molecule has 2 rings (SSSR count). The minimum Gasteiger partial charge on any atom is -0.357 e. The van der Waals surface area contributed by atoms with Crippen LogP contribution in [0, 0.1) is 0 Å². The Labute approximate surface area is 146 Å². The molecule has 0 spiro atoms. The zero-order chi connectivity index (χ0) is 17.8. The molecule has 1 aromatic rings. The Morgan fingerprint density at radius 3 is 2.50 bits per heavy atom. The van der Waals surface area contributed by atoms with Crippen LogP contribution in [0.15, 0.2) is 29.3 Å². The molecule has 1 aliphatic rings. The molecule has 1 aliphatic heterocycles. The highest BCUT2D eigenvalue weighted by Crippen LogP contribution is 2.24. The molecule has 0 unspecified atom stereocenters. The van der Waals surface area contributed by atoms with Gasteiger partial charge in [-0.05, 0) is 38.3 Å². The van der Waals surface area contributed by atoms with Gasteiger partial charge in [-0.3, -0.25) is 0 Å². The molecular formula is C18H29N3O2S. The van der Waals surface area contributed by atoms with E-state index in [1.807, 2.05) is 13.0 Å². The van der Waals surface area contributed by atoms with Crippen LogP contribution >= 0.6 is 0 Å². The van der Waals surface area contributed by atoms with Gasteiger partial charge in [0.05, 0.1) is 17.0 Å². The van der Waals surface area contributed by atoms with E-state index in [-0.39, 0.29) is 5.75 Å². The highest BCUT2D eigenvalue weighted by Gasteiger charge is 2.40. The van der Waals surface area contributed by atoms with E-state index in [1.54, 1.807) is 13.8 Å². The smallest absolute Gasteiger partial charge is 0.194 e. The lowest BCUT2D eigenvalue weighted by Crippen LogP contribution is -2.57. The van der Waals surface area contributed by atoms with E-state index in [0.717, 1.165) is 18.9 Å². The normalized spacial score (nSPS) is 20.0. The van der Waals surface area contributed by atoms with Gasteiger partial charge in [0.2, 0.25) is 0 Å². The number of aryl methyl sites for hydroxylation is 1. The molecule has 24 heavy (non-hydrogen) atoms. The zero-order valence-electron chi connectivity index (χ0n) is 15.2. The van der Waals surface area contributed by atoms with E-state index in [1.165, 1.54) is 11.1 Å². The number of aliphatic imine (C=N–C) groups is 1. The van der Waals surface area contributed by atoms with E-state index < -0.39 is 14.6 Å². The number of hydrogen-bond acceptors (Lipinski definition) is 3. The molecule has 0 amide bonds. The minimum atomic E-state index is -3.04. The summed E-state index contributed by atoms with van der Waals surface area (Å²) < 4.78 is 23.7. The highest BCUT2D eigenvalue weighted by atomic mass is 32.2. The first-order valence-corrected chi connectivity index (χ1v) is 10.3. The highest BCUT2D eigenvalue weighted by molar-refractivity contribution is 7.92. The Balaban J connectivity index is 2.20. The predicted molar refractivity (Wildman–Crippen MR) is 100 cm³/mol. The van der Waals surface area contributed by atoms with E-state index in [2.05, 4.69) is 35.3 Å². The summed E-state index contributed by atoms with van der Waals surface area (Å²) in [5.74, 6) is 0.974. The molecular weight excluding hydrogens is 322 g/mol. The maximum absolute atomic E-state index is 12.2. The Kier molecular flexibility index (Phi) is 5.91. The lowest BCUT2D eigenvalue weighted by molar-refractivity contribution is 0.353. The Morgan fingerprint density at radius 2 is 1.92 bits per heavy atom. The third-order valence-corrected chi connectivity index (χ3v) is 7.11. The minimum absolute atomic E-state index is 0.177. The van der Waals surface area contributed by atoms with E-state index in [0.29, 0.717) is 19.6 Å². The van der Waals surface area contributed by atoms with Crippen molar-refractivity contribution in [3.63, 3.8) is 0 Å². The molecule has 1 aromatic carbocycles. The molecule has 0 bridgehead atoms. The van der Waals surface area contributed by atoms with Gasteiger partial charge >= 0.3 is 0 Å². The number of nitrogens with one attached hydrogen (secondary N) is 1. The van der Waals surface area contributed by atoms with E-state index in [4.69, 9.17) is 4.99 Å². The van der Waals surface area contributed by atoms with Crippen LogP contribution in [0.5, 0.6) is 0 Å². The monoisotopic (exact) mass is 351 g/mol. The van der Waals surface area contributed by atoms with Gasteiger partial charge in [0.25, 0.3) is 0 Å². The first kappa shape index (κ1) is 18.8. The molecule has 1 saturated heterocycles. The molecule has 1 N–H and O–H groups in total. The summed E-state index contributed by atoms with van der Waals surface area (Å²) in [7, 11) is -3.04. The molecule has 1 heterocycles. The number of benzene rings is 1. The number of rotatable bonds is 4. The lowest BCUT2D eigenvalue weighted by atomic mass is 10.1. The lowest BCUT2D eigenvalue weighted by Gasteiger charge is -2.39. The van der Waals surface area contributed by atoms with Crippen LogP contribution < -0.4 is 5.32 Å². The molecule has 5 nitrogen and oxygen atoms in total. The van der Waals surface area contributed by atoms with Crippen molar-refractivity contribution in [1.82, 2.24) is 10.2 Å². The number of guanidine groups is 1. The fourth-order valence-corrected chi connectivity index (χ4v) is 4.33. The molecule has 0 aliphatic carbocycles. The van der Waals surface area contributed by atoms with E-state index >= 15 is 0 Å². The van der Waals surface area contributed by atoms with Crippen molar-refractivity contribution >= 4 is 15.8 Å². The van der Waals surface area contributed by atoms with Gasteiger partial charge in [0.1, 0.15) is 0 Å². The SMILES string of the molecule is CCNC(=NCc1ccccc1CC)N1CCS(=O)(=O)C(C)(C)C1. The van der Waals surface area contributed by atoms with Crippen molar-refractivity contribution in [2.45, 2.75) is 45.4 Å². The van der Waals surface area contributed by atoms with Crippen LogP contribution in [0.1, 0.15) is 38.8 Å². The van der Waals surface area contributed by atoms with Gasteiger partial charge in [0.15, 0.2) is 15.8 Å². The van der Waals surface area contributed by atoms with Gasteiger partial charge in [-0.15, -0.1) is 0 Å². The van der Waals surface area contributed by atoms with Gasteiger partial charge in [-0.2, -0.15) is 0 Å². The molecule has 0 aromatic heterocycles. The van der Waals surface area contributed by atoms with Gasteiger partial charge in [-0.25, -0.2) is 13.4 Å². The summed E-state index contributed by atoms with van der Waals surface area (Å²) in [6.45, 7) is 10.1. The first-order chi connectivity index (χ1) is 11.3. The summed E-state index contributed by atoms with van der Waals surface area (Å²) in [4.78, 5) is 6.83. The quantitative estimate of drug-likeness (QED) is 0.667. The molecule has 6 heteroatoms. The average molecular weight is 352 g/mol. The molecule has 0 radical (unpaired) electrons. The second kappa shape index (κ2) is 7.55. The molecule has 0 atom stereocenters. The topological polar surface area (TPSA) is 61.8 Å². The van der Waals surface area contributed by atoms with Crippen molar-refractivity contribution in [3.05, 3.63) is 35.4 Å². The average Bonchev–Trinajstić information content (AvgIpc) is 2.54. The summed E-state index contributed by atoms with van der Waals surface area (Å²) in [5, 5.41) is 3.31. The third-order valence-electron chi connectivity index (χ3n) is 4.58. The predicted octanol–water partition coefficient (Wildman–Crippen LogP) is 2.22. The second-order valence-electron chi connectivity index (χ2n) is 6.79. The fraction of sp³-hybridized carbons (Fsp3) is 0.611. The van der Waals surface area contributed by atoms with Crippen molar-refractivity contribution in [2.75, 3.05) is 25.4 Å². The van der Waals surface area contributed by atoms with Crippen LogP contribution in [0.3, 0.4) is 0 Å². The van der Waals surface area contributed by atoms with Crippen molar-refractivity contribution in [1.29, 1.82) is 0 Å². The standard InChI is InChI=1S/C18H29N3O2S/c1-5-15-9-7-8-10-16(15)13-20-17(19-6-2)21-11-12-24(22,23)18(3,4)14-21/h7-10H,5-6,11-14H2,1-4H3,(H,19,20).